The van der Waals surface area contributed by atoms with Gasteiger partial charge >= 0.3 is 12.3 Å². The number of alkyl halides is 4. The number of hydrogen-bond donors (Lipinski definition) is 1. The van der Waals surface area contributed by atoms with Crippen molar-refractivity contribution in [2.45, 2.75) is 37.7 Å². The lowest BCUT2D eigenvalue weighted by Crippen LogP contribution is -2.32. The van der Waals surface area contributed by atoms with Gasteiger partial charge in [0.05, 0.1) is 4.47 Å². The standard InChI is InChI=1S/C11H11BrF4N2OS/c12-7-8(5-1-2-5)17-6(18-9(7)20)3-19-4-11(15,16)10(13)14/h5,10H,1-4H2,(H,17,18,20). The molecule has 20 heavy (non-hydrogen) atoms. The second-order valence-corrected chi connectivity index (χ2v) is 5.72. The highest BCUT2D eigenvalue weighted by Gasteiger charge is 2.41. The molecule has 9 heteroatoms. The maximum Gasteiger partial charge on any atom is 0.330 e. The van der Waals surface area contributed by atoms with Gasteiger partial charge in [-0.3, -0.25) is 0 Å². The number of aromatic nitrogens is 2. The highest BCUT2D eigenvalue weighted by molar-refractivity contribution is 9.10. The number of nitrogens with zero attached hydrogens (tertiary/aromatic N) is 1. The average molecular weight is 375 g/mol. The van der Waals surface area contributed by atoms with Gasteiger partial charge in [0, 0.05) is 11.6 Å². The minimum absolute atomic E-state index is 0.255. The van der Waals surface area contributed by atoms with E-state index in [2.05, 4.69) is 30.6 Å². The number of halogens is 5. The molecule has 0 spiro atoms. The molecule has 1 aromatic heterocycles. The van der Waals surface area contributed by atoms with E-state index in [4.69, 9.17) is 12.2 Å². The summed E-state index contributed by atoms with van der Waals surface area (Å²) in [4.78, 5) is 6.91. The SMILES string of the molecule is FC(F)C(F)(F)COCc1nc(=S)c(Br)c(C2CC2)[nH]1. The molecular formula is C11H11BrF4N2OS. The Hall–Kier alpha value is -0.540. The fourth-order valence-corrected chi connectivity index (χ4v) is 2.33. The molecule has 0 bridgehead atoms. The van der Waals surface area contributed by atoms with Gasteiger partial charge in [-0.1, -0.05) is 12.2 Å². The Kier molecular flexibility index (Phi) is 4.80. The maximum atomic E-state index is 12.7. The number of nitrogens with one attached hydrogen (secondary N) is 1. The van der Waals surface area contributed by atoms with Gasteiger partial charge in [0.2, 0.25) is 0 Å². The van der Waals surface area contributed by atoms with E-state index in [1.54, 1.807) is 0 Å². The number of rotatable bonds is 6. The zero-order valence-electron chi connectivity index (χ0n) is 10.1. The average Bonchev–Trinajstić information content (AvgIpc) is 3.17. The van der Waals surface area contributed by atoms with Crippen molar-refractivity contribution in [3.8, 4) is 0 Å². The summed E-state index contributed by atoms with van der Waals surface area (Å²) in [7, 11) is 0. The highest BCUT2D eigenvalue weighted by atomic mass is 79.9. The van der Waals surface area contributed by atoms with Crippen molar-refractivity contribution in [2.24, 2.45) is 0 Å². The molecule has 1 aliphatic rings. The van der Waals surface area contributed by atoms with Crippen molar-refractivity contribution in [1.29, 1.82) is 0 Å². The molecule has 0 amide bonds. The lowest BCUT2D eigenvalue weighted by atomic mass is 10.3. The number of ether oxygens (including phenoxy) is 1. The first kappa shape index (κ1) is 15.8. The molecule has 1 saturated carbocycles. The predicted molar refractivity (Wildman–Crippen MR) is 69.7 cm³/mol. The third kappa shape index (κ3) is 3.76. The van der Waals surface area contributed by atoms with Crippen LogP contribution in [-0.2, 0) is 11.3 Å². The fourth-order valence-electron chi connectivity index (χ4n) is 1.59. The minimum Gasteiger partial charge on any atom is -0.367 e. The maximum absolute atomic E-state index is 12.7. The molecule has 1 fully saturated rings. The van der Waals surface area contributed by atoms with Crippen LogP contribution < -0.4 is 0 Å². The Labute approximate surface area is 125 Å². The summed E-state index contributed by atoms with van der Waals surface area (Å²) in [6.45, 7) is -1.68. The molecule has 0 radical (unpaired) electrons. The van der Waals surface area contributed by atoms with Crippen molar-refractivity contribution >= 4 is 28.1 Å². The van der Waals surface area contributed by atoms with Gasteiger partial charge in [-0.05, 0) is 28.8 Å². The van der Waals surface area contributed by atoms with Crippen LogP contribution in [0.5, 0.6) is 0 Å². The molecule has 1 N–H and O–H groups in total. The Morgan fingerprint density at radius 2 is 2.10 bits per heavy atom. The third-order valence-corrected chi connectivity index (χ3v) is 4.14. The van der Waals surface area contributed by atoms with Gasteiger partial charge in [0.15, 0.2) is 0 Å². The molecule has 0 aromatic carbocycles. The van der Waals surface area contributed by atoms with Crippen LogP contribution >= 0.6 is 28.1 Å². The number of aromatic amines is 1. The van der Waals surface area contributed by atoms with Gasteiger partial charge in [-0.25, -0.2) is 13.8 Å². The first-order chi connectivity index (χ1) is 9.31. The second-order valence-electron chi connectivity index (χ2n) is 4.55. The highest BCUT2D eigenvalue weighted by Crippen LogP contribution is 2.42. The molecule has 1 aliphatic carbocycles. The van der Waals surface area contributed by atoms with Crippen molar-refractivity contribution in [3.05, 3.63) is 20.6 Å². The van der Waals surface area contributed by atoms with E-state index in [-0.39, 0.29) is 12.4 Å². The Morgan fingerprint density at radius 1 is 1.45 bits per heavy atom. The van der Waals surface area contributed by atoms with Crippen LogP contribution in [0.25, 0.3) is 0 Å². The molecular weight excluding hydrogens is 364 g/mol. The van der Waals surface area contributed by atoms with Crippen molar-refractivity contribution < 1.29 is 22.3 Å². The first-order valence-corrected chi connectivity index (χ1v) is 7.03. The molecule has 3 nitrogen and oxygen atoms in total. The van der Waals surface area contributed by atoms with Crippen LogP contribution in [0.2, 0.25) is 0 Å². The minimum atomic E-state index is -4.16. The molecule has 112 valence electrons. The summed E-state index contributed by atoms with van der Waals surface area (Å²) in [5.41, 5.74) is 0.851. The first-order valence-electron chi connectivity index (χ1n) is 5.83. The van der Waals surface area contributed by atoms with Crippen LogP contribution in [-0.4, -0.2) is 28.9 Å². The molecule has 2 rings (SSSR count). The van der Waals surface area contributed by atoms with Gasteiger partial charge in [-0.15, -0.1) is 0 Å². The summed E-state index contributed by atoms with van der Waals surface area (Å²) < 4.78 is 54.9. The third-order valence-electron chi connectivity index (χ3n) is 2.78. The molecule has 0 atom stereocenters. The lowest BCUT2D eigenvalue weighted by Gasteiger charge is -2.15. The number of hydrogen-bond acceptors (Lipinski definition) is 3. The molecule has 0 saturated heterocycles. The lowest BCUT2D eigenvalue weighted by molar-refractivity contribution is -0.168. The van der Waals surface area contributed by atoms with Crippen molar-refractivity contribution in [3.63, 3.8) is 0 Å². The zero-order chi connectivity index (χ0) is 14.9. The van der Waals surface area contributed by atoms with E-state index in [0.29, 0.717) is 15.0 Å². The van der Waals surface area contributed by atoms with Crippen LogP contribution in [0.15, 0.2) is 4.47 Å². The Bertz CT molecular complexity index is 548. The fraction of sp³-hybridized carbons (Fsp3) is 0.636. The van der Waals surface area contributed by atoms with Gasteiger partial charge < -0.3 is 9.72 Å². The summed E-state index contributed by atoms with van der Waals surface area (Å²) in [6, 6.07) is 0. The summed E-state index contributed by atoms with van der Waals surface area (Å²) >= 11 is 8.36. The van der Waals surface area contributed by atoms with Crippen LogP contribution in [0.3, 0.4) is 0 Å². The van der Waals surface area contributed by atoms with Crippen LogP contribution in [0.4, 0.5) is 17.6 Å². The van der Waals surface area contributed by atoms with E-state index in [1.807, 2.05) is 0 Å². The molecule has 0 aliphatic heterocycles. The molecule has 0 unspecified atom stereocenters. The van der Waals surface area contributed by atoms with E-state index in [0.717, 1.165) is 18.5 Å². The summed E-state index contributed by atoms with van der Waals surface area (Å²) in [6.07, 6.45) is -1.73. The van der Waals surface area contributed by atoms with Crippen LogP contribution in [0.1, 0.15) is 30.3 Å². The smallest absolute Gasteiger partial charge is 0.330 e. The molecule has 1 heterocycles. The van der Waals surface area contributed by atoms with Gasteiger partial charge in [0.25, 0.3) is 0 Å². The Balaban J connectivity index is 2.02. The summed E-state index contributed by atoms with van der Waals surface area (Å²) in [5, 5.41) is 0. The largest absolute Gasteiger partial charge is 0.367 e. The normalized spacial score (nSPS) is 15.9. The van der Waals surface area contributed by atoms with E-state index >= 15 is 0 Å². The quantitative estimate of drug-likeness (QED) is 0.599. The van der Waals surface area contributed by atoms with E-state index in [1.165, 1.54) is 0 Å². The second kappa shape index (κ2) is 6.07. The molecule has 1 aromatic rings. The Morgan fingerprint density at radius 3 is 2.65 bits per heavy atom. The van der Waals surface area contributed by atoms with E-state index in [9.17, 15) is 17.6 Å². The number of H-pyrrole nitrogens is 1. The van der Waals surface area contributed by atoms with Gasteiger partial charge in [0.1, 0.15) is 23.7 Å². The zero-order valence-corrected chi connectivity index (χ0v) is 12.5. The summed E-state index contributed by atoms with van der Waals surface area (Å²) in [5.74, 6) is -3.56. The van der Waals surface area contributed by atoms with Gasteiger partial charge in [-0.2, -0.15) is 8.78 Å². The predicted octanol–water partition coefficient (Wildman–Crippen LogP) is 4.20. The van der Waals surface area contributed by atoms with Crippen molar-refractivity contribution in [2.75, 3.05) is 6.61 Å². The monoisotopic (exact) mass is 374 g/mol. The van der Waals surface area contributed by atoms with Crippen LogP contribution in [0, 0.1) is 4.64 Å². The topological polar surface area (TPSA) is 37.9 Å². The van der Waals surface area contributed by atoms with Crippen molar-refractivity contribution in [1.82, 2.24) is 9.97 Å². The van der Waals surface area contributed by atoms with E-state index < -0.39 is 19.0 Å².